The summed E-state index contributed by atoms with van der Waals surface area (Å²) in [5.74, 6) is 0.403. The summed E-state index contributed by atoms with van der Waals surface area (Å²) in [6, 6.07) is 0. The van der Waals surface area contributed by atoms with Crippen LogP contribution in [0.25, 0.3) is 0 Å². The van der Waals surface area contributed by atoms with Gasteiger partial charge < -0.3 is 14.4 Å². The number of nitrogens with zero attached hydrogens (tertiary/aromatic N) is 1. The molecule has 0 radical (unpaired) electrons. The van der Waals surface area contributed by atoms with Crippen molar-refractivity contribution < 1.29 is 19.1 Å². The Bertz CT molecular complexity index is 258. The van der Waals surface area contributed by atoms with E-state index in [2.05, 4.69) is 13.8 Å². The molecule has 0 N–H and O–H groups in total. The number of esters is 1. The first-order valence-electron chi connectivity index (χ1n) is 6.06. The molecule has 0 saturated carbocycles. The molecule has 0 aliphatic carbocycles. The first kappa shape index (κ1) is 17.0. The van der Waals surface area contributed by atoms with E-state index in [1.165, 1.54) is 7.05 Å². The fraction of sp³-hybridized carbons (Fsp3) is 0.833. The van der Waals surface area contributed by atoms with Crippen LogP contribution in [-0.2, 0) is 14.3 Å². The third-order valence-corrected chi connectivity index (χ3v) is 2.32. The van der Waals surface area contributed by atoms with Crippen molar-refractivity contribution in [1.82, 2.24) is 4.90 Å². The molecule has 0 aliphatic heterocycles. The first-order valence-corrected chi connectivity index (χ1v) is 6.60. The maximum absolute atomic E-state index is 11.4. The molecule has 0 spiro atoms. The Balaban J connectivity index is 3.69. The van der Waals surface area contributed by atoms with E-state index in [9.17, 15) is 9.59 Å². The summed E-state index contributed by atoms with van der Waals surface area (Å²) in [5.41, 5.74) is 0. The molecule has 1 amide bonds. The lowest BCUT2D eigenvalue weighted by Gasteiger charge is -2.15. The average Bonchev–Trinajstić information content (AvgIpc) is 2.31. The fourth-order valence-corrected chi connectivity index (χ4v) is 1.29. The Morgan fingerprint density at radius 2 is 1.89 bits per heavy atom. The van der Waals surface area contributed by atoms with Crippen molar-refractivity contribution in [1.29, 1.82) is 0 Å². The van der Waals surface area contributed by atoms with Gasteiger partial charge in [0.2, 0.25) is 0 Å². The molecular formula is C12H22ClNO4. The number of alkyl halides is 1. The monoisotopic (exact) mass is 279 g/mol. The highest BCUT2D eigenvalue weighted by Gasteiger charge is 2.14. The number of amides is 1. The van der Waals surface area contributed by atoms with Gasteiger partial charge in [0.25, 0.3) is 0 Å². The zero-order valence-corrected chi connectivity index (χ0v) is 12.0. The van der Waals surface area contributed by atoms with E-state index in [0.29, 0.717) is 12.5 Å². The summed E-state index contributed by atoms with van der Waals surface area (Å²) in [6.07, 6.45) is 1.28. The van der Waals surface area contributed by atoms with E-state index in [1.54, 1.807) is 0 Å². The fourth-order valence-electron chi connectivity index (χ4n) is 1.22. The second-order valence-corrected chi connectivity index (χ2v) is 4.79. The first-order chi connectivity index (χ1) is 8.47. The van der Waals surface area contributed by atoms with E-state index < -0.39 is 12.1 Å². The van der Waals surface area contributed by atoms with Crippen LogP contribution in [0.2, 0.25) is 0 Å². The van der Waals surface area contributed by atoms with Crippen LogP contribution in [0.1, 0.15) is 26.7 Å². The highest BCUT2D eigenvalue weighted by Crippen LogP contribution is 2.03. The third-order valence-electron chi connectivity index (χ3n) is 2.17. The third kappa shape index (κ3) is 9.10. The predicted octanol–water partition coefficient (Wildman–Crippen LogP) is 2.27. The number of ether oxygens (including phenoxy) is 2. The average molecular weight is 280 g/mol. The van der Waals surface area contributed by atoms with Crippen LogP contribution in [0.5, 0.6) is 0 Å². The molecule has 0 bridgehead atoms. The lowest BCUT2D eigenvalue weighted by atomic mass is 10.1. The Morgan fingerprint density at radius 3 is 2.44 bits per heavy atom. The zero-order valence-electron chi connectivity index (χ0n) is 11.3. The van der Waals surface area contributed by atoms with Gasteiger partial charge in [0.05, 0.1) is 12.5 Å². The van der Waals surface area contributed by atoms with Crippen LogP contribution in [0.4, 0.5) is 4.79 Å². The van der Waals surface area contributed by atoms with Crippen LogP contribution < -0.4 is 0 Å². The SMILES string of the molecule is CC(C)CCCOC(=O)CN(C)C(=O)OCCCl. The second kappa shape index (κ2) is 10.00. The lowest BCUT2D eigenvalue weighted by molar-refractivity contribution is -0.144. The molecule has 0 aliphatic rings. The molecule has 0 unspecified atom stereocenters. The Hall–Kier alpha value is -0.970. The number of halogens is 1. The minimum absolute atomic E-state index is 0.108. The van der Waals surface area contributed by atoms with Gasteiger partial charge in [0.15, 0.2) is 0 Å². The maximum Gasteiger partial charge on any atom is 0.410 e. The maximum atomic E-state index is 11.4. The van der Waals surface area contributed by atoms with E-state index >= 15 is 0 Å². The Kier molecular flexibility index (Phi) is 9.46. The van der Waals surface area contributed by atoms with E-state index in [1.807, 2.05) is 0 Å². The number of likely N-dealkylation sites (N-methyl/N-ethyl adjacent to an activating group) is 1. The number of hydrogen-bond donors (Lipinski definition) is 0. The molecule has 18 heavy (non-hydrogen) atoms. The second-order valence-electron chi connectivity index (χ2n) is 4.42. The number of rotatable bonds is 8. The van der Waals surface area contributed by atoms with E-state index in [0.717, 1.165) is 17.7 Å². The molecule has 0 fully saturated rings. The minimum Gasteiger partial charge on any atom is -0.464 e. The number of carbonyl (C=O) groups excluding carboxylic acids is 2. The highest BCUT2D eigenvalue weighted by atomic mass is 35.5. The summed E-state index contributed by atoms with van der Waals surface area (Å²) in [6.45, 7) is 4.64. The smallest absolute Gasteiger partial charge is 0.410 e. The van der Waals surface area contributed by atoms with E-state index in [-0.39, 0.29) is 19.0 Å². The molecule has 5 nitrogen and oxygen atoms in total. The van der Waals surface area contributed by atoms with Gasteiger partial charge >= 0.3 is 12.1 Å². The van der Waals surface area contributed by atoms with Crippen molar-refractivity contribution in [2.24, 2.45) is 5.92 Å². The summed E-state index contributed by atoms with van der Waals surface area (Å²) in [5, 5.41) is 0. The van der Waals surface area contributed by atoms with Gasteiger partial charge in [-0.1, -0.05) is 13.8 Å². The molecule has 0 aromatic rings. The molecule has 0 atom stereocenters. The van der Waals surface area contributed by atoms with Crippen molar-refractivity contribution in [3.63, 3.8) is 0 Å². The largest absolute Gasteiger partial charge is 0.464 e. The van der Waals surface area contributed by atoms with Crippen LogP contribution in [-0.4, -0.2) is 49.6 Å². The topological polar surface area (TPSA) is 55.8 Å². The summed E-state index contributed by atoms with van der Waals surface area (Å²) in [4.78, 5) is 23.8. The molecule has 0 heterocycles. The summed E-state index contributed by atoms with van der Waals surface area (Å²) >= 11 is 5.38. The van der Waals surface area contributed by atoms with Gasteiger partial charge in [-0.3, -0.25) is 4.79 Å². The number of carbonyl (C=O) groups is 2. The predicted molar refractivity (Wildman–Crippen MR) is 69.7 cm³/mol. The summed E-state index contributed by atoms with van der Waals surface area (Å²) < 4.78 is 9.76. The van der Waals surface area contributed by atoms with Gasteiger partial charge in [-0.2, -0.15) is 0 Å². The highest BCUT2D eigenvalue weighted by molar-refractivity contribution is 6.18. The quantitative estimate of drug-likeness (QED) is 0.389. The standard InChI is InChI=1S/C12H22ClNO4/c1-10(2)5-4-7-17-11(15)9-14(3)12(16)18-8-6-13/h10H,4-9H2,1-3H3. The van der Waals surface area contributed by atoms with Gasteiger partial charge in [0.1, 0.15) is 13.2 Å². The minimum atomic E-state index is -0.574. The summed E-state index contributed by atoms with van der Waals surface area (Å²) in [7, 11) is 1.48. The van der Waals surface area contributed by atoms with Crippen LogP contribution >= 0.6 is 11.6 Å². The molecule has 0 saturated heterocycles. The van der Waals surface area contributed by atoms with Crippen molar-refractivity contribution in [2.45, 2.75) is 26.7 Å². The van der Waals surface area contributed by atoms with Crippen LogP contribution in [0.15, 0.2) is 0 Å². The molecule has 0 aromatic carbocycles. The zero-order chi connectivity index (χ0) is 14.0. The Morgan fingerprint density at radius 1 is 1.22 bits per heavy atom. The van der Waals surface area contributed by atoms with Crippen LogP contribution in [0, 0.1) is 5.92 Å². The van der Waals surface area contributed by atoms with Gasteiger partial charge in [-0.25, -0.2) is 4.79 Å². The molecule has 0 rings (SSSR count). The van der Waals surface area contributed by atoms with Crippen molar-refractivity contribution in [3.05, 3.63) is 0 Å². The Labute approximate surface area is 113 Å². The van der Waals surface area contributed by atoms with Gasteiger partial charge in [0, 0.05) is 7.05 Å². The van der Waals surface area contributed by atoms with Crippen molar-refractivity contribution in [3.8, 4) is 0 Å². The van der Waals surface area contributed by atoms with Crippen molar-refractivity contribution >= 4 is 23.7 Å². The van der Waals surface area contributed by atoms with E-state index in [4.69, 9.17) is 21.1 Å². The van der Waals surface area contributed by atoms with Gasteiger partial charge in [-0.05, 0) is 18.8 Å². The normalized spacial score (nSPS) is 10.3. The van der Waals surface area contributed by atoms with Crippen LogP contribution in [0.3, 0.4) is 0 Å². The van der Waals surface area contributed by atoms with Gasteiger partial charge in [-0.15, -0.1) is 11.6 Å². The lowest BCUT2D eigenvalue weighted by Crippen LogP contribution is -2.34. The molecule has 106 valence electrons. The van der Waals surface area contributed by atoms with Crippen molar-refractivity contribution in [2.75, 3.05) is 32.7 Å². The number of hydrogen-bond acceptors (Lipinski definition) is 4. The molecular weight excluding hydrogens is 258 g/mol. The molecule has 6 heteroatoms. The molecule has 0 aromatic heterocycles.